The van der Waals surface area contributed by atoms with Crippen molar-refractivity contribution < 1.29 is 9.90 Å². The van der Waals surface area contributed by atoms with Crippen molar-refractivity contribution in [2.24, 2.45) is 0 Å². The van der Waals surface area contributed by atoms with Crippen molar-refractivity contribution in [1.29, 1.82) is 0 Å². The molecule has 0 radical (unpaired) electrons. The van der Waals surface area contributed by atoms with Crippen LogP contribution in [0.3, 0.4) is 0 Å². The predicted molar refractivity (Wildman–Crippen MR) is 134 cm³/mol. The smallest absolute Gasteiger partial charge is 0.237 e. The molecule has 1 fully saturated rings. The molecule has 1 aliphatic heterocycles. The van der Waals surface area contributed by atoms with Gasteiger partial charge in [-0.25, -0.2) is 0 Å². The van der Waals surface area contributed by atoms with E-state index < -0.39 is 0 Å². The van der Waals surface area contributed by atoms with Crippen LogP contribution in [0, 0.1) is 6.92 Å². The third-order valence-electron chi connectivity index (χ3n) is 6.39. The lowest BCUT2D eigenvalue weighted by Crippen LogP contribution is -2.55. The van der Waals surface area contributed by atoms with Gasteiger partial charge in [0.05, 0.1) is 6.04 Å². The van der Waals surface area contributed by atoms with E-state index in [0.29, 0.717) is 13.0 Å². The van der Waals surface area contributed by atoms with Gasteiger partial charge in [-0.3, -0.25) is 9.69 Å². The number of carbonyl (C=O) groups is 1. The molecular weight excluding hydrogens is 410 g/mol. The van der Waals surface area contributed by atoms with Crippen molar-refractivity contribution >= 4 is 11.6 Å². The number of nitrogens with one attached hydrogen (secondary N) is 1. The summed E-state index contributed by atoms with van der Waals surface area (Å²) in [5.74, 6) is -0.0141. The van der Waals surface area contributed by atoms with E-state index in [9.17, 15) is 9.90 Å². The van der Waals surface area contributed by atoms with E-state index in [1.165, 1.54) is 22.4 Å². The average Bonchev–Trinajstić information content (AvgIpc) is 2.87. The molecule has 172 valence electrons. The molecule has 5 heteroatoms. The summed E-state index contributed by atoms with van der Waals surface area (Å²) < 4.78 is 0. The summed E-state index contributed by atoms with van der Waals surface area (Å²) in [5.41, 5.74) is 5.88. The summed E-state index contributed by atoms with van der Waals surface area (Å²) in [6, 6.07) is 26.9. The number of nitrogens with zero attached hydrogens (tertiary/aromatic N) is 2. The molecule has 3 aromatic rings. The third kappa shape index (κ3) is 6.01. The lowest BCUT2D eigenvalue weighted by atomic mass is 10.0. The average molecular weight is 444 g/mol. The normalized spacial score (nSPS) is 15.3. The largest absolute Gasteiger partial charge is 0.396 e. The lowest BCUT2D eigenvalue weighted by Gasteiger charge is -2.39. The van der Waals surface area contributed by atoms with Crippen LogP contribution in [-0.4, -0.2) is 54.7 Å². The molecule has 3 aromatic carbocycles. The number of aliphatic hydroxyl groups excluding tert-OH is 1. The zero-order valence-electron chi connectivity index (χ0n) is 19.3. The highest BCUT2D eigenvalue weighted by atomic mass is 16.3. The number of para-hydroxylation sites is 1. The first-order chi connectivity index (χ1) is 16.1. The van der Waals surface area contributed by atoms with Crippen LogP contribution in [0.1, 0.15) is 17.5 Å². The molecule has 2 N–H and O–H groups in total. The summed E-state index contributed by atoms with van der Waals surface area (Å²) >= 11 is 0. The van der Waals surface area contributed by atoms with Crippen molar-refractivity contribution in [1.82, 2.24) is 10.2 Å². The van der Waals surface area contributed by atoms with Gasteiger partial charge in [-0.1, -0.05) is 72.3 Å². The monoisotopic (exact) mass is 443 g/mol. The highest BCUT2D eigenvalue weighted by Gasteiger charge is 2.28. The highest BCUT2D eigenvalue weighted by Crippen LogP contribution is 2.21. The second-order valence-electron chi connectivity index (χ2n) is 8.67. The number of benzene rings is 3. The maximum Gasteiger partial charge on any atom is 0.237 e. The molecule has 0 aromatic heterocycles. The second kappa shape index (κ2) is 11.1. The number of rotatable bonds is 8. The number of amides is 1. The molecule has 4 rings (SSSR count). The van der Waals surface area contributed by atoms with Gasteiger partial charge >= 0.3 is 0 Å². The molecule has 1 amide bonds. The minimum Gasteiger partial charge on any atom is -0.396 e. The minimum atomic E-state index is -0.306. The number of carbonyl (C=O) groups excluding carboxylic acids is 1. The van der Waals surface area contributed by atoms with Crippen LogP contribution in [0.25, 0.3) is 11.1 Å². The molecule has 0 aliphatic carbocycles. The molecule has 0 saturated carbocycles. The lowest BCUT2D eigenvalue weighted by molar-refractivity contribution is -0.127. The Morgan fingerprint density at radius 2 is 1.48 bits per heavy atom. The van der Waals surface area contributed by atoms with Gasteiger partial charge in [0, 0.05) is 45.0 Å². The van der Waals surface area contributed by atoms with E-state index >= 15 is 0 Å². The third-order valence-corrected chi connectivity index (χ3v) is 6.39. The first kappa shape index (κ1) is 23.0. The molecule has 1 aliphatic rings. The number of anilines is 1. The molecule has 0 bridgehead atoms. The Balaban J connectivity index is 1.31. The second-order valence-corrected chi connectivity index (χ2v) is 8.67. The van der Waals surface area contributed by atoms with Crippen LogP contribution in [-0.2, 0) is 11.3 Å². The molecule has 1 unspecified atom stereocenters. The topological polar surface area (TPSA) is 55.8 Å². The maximum absolute atomic E-state index is 13.0. The van der Waals surface area contributed by atoms with Crippen LogP contribution in [0.15, 0.2) is 78.9 Å². The van der Waals surface area contributed by atoms with E-state index in [1.807, 2.05) is 6.07 Å². The van der Waals surface area contributed by atoms with Gasteiger partial charge < -0.3 is 15.3 Å². The Hall–Kier alpha value is -3.15. The number of aryl methyl sites for hydroxylation is 1. The predicted octanol–water partition coefficient (Wildman–Crippen LogP) is 3.85. The van der Waals surface area contributed by atoms with Crippen LogP contribution in [0.5, 0.6) is 0 Å². The van der Waals surface area contributed by atoms with Gasteiger partial charge in [0.1, 0.15) is 0 Å². The fourth-order valence-electron chi connectivity index (χ4n) is 4.40. The molecular formula is C28H33N3O2. The Labute approximate surface area is 196 Å². The number of aliphatic hydroxyl groups is 1. The zero-order chi connectivity index (χ0) is 23.0. The minimum absolute atomic E-state index is 0.00222. The van der Waals surface area contributed by atoms with Crippen LogP contribution in [0.2, 0.25) is 0 Å². The van der Waals surface area contributed by atoms with E-state index in [1.54, 1.807) is 0 Å². The van der Waals surface area contributed by atoms with Gasteiger partial charge in [-0.2, -0.15) is 0 Å². The van der Waals surface area contributed by atoms with Crippen molar-refractivity contribution in [2.45, 2.75) is 25.9 Å². The van der Waals surface area contributed by atoms with Crippen molar-refractivity contribution in [3.05, 3.63) is 90.0 Å². The van der Waals surface area contributed by atoms with Crippen LogP contribution in [0.4, 0.5) is 5.69 Å². The summed E-state index contributed by atoms with van der Waals surface area (Å²) in [5, 5.41) is 12.7. The van der Waals surface area contributed by atoms with E-state index in [4.69, 9.17) is 0 Å². The first-order valence-corrected chi connectivity index (χ1v) is 11.7. The summed E-state index contributed by atoms with van der Waals surface area (Å²) in [6.07, 6.45) is 0.448. The molecule has 1 atom stereocenters. The molecule has 5 nitrogen and oxygen atoms in total. The number of hydrogen-bond acceptors (Lipinski definition) is 4. The van der Waals surface area contributed by atoms with Gasteiger partial charge in [-0.15, -0.1) is 0 Å². The Morgan fingerprint density at radius 1 is 0.879 bits per heavy atom. The highest BCUT2D eigenvalue weighted by molar-refractivity contribution is 5.81. The van der Waals surface area contributed by atoms with E-state index in [-0.39, 0.29) is 18.6 Å². The first-order valence-electron chi connectivity index (χ1n) is 11.7. The van der Waals surface area contributed by atoms with Crippen molar-refractivity contribution in [3.8, 4) is 11.1 Å². The van der Waals surface area contributed by atoms with E-state index in [2.05, 4.69) is 94.8 Å². The summed E-state index contributed by atoms with van der Waals surface area (Å²) in [4.78, 5) is 17.5. The van der Waals surface area contributed by atoms with Crippen molar-refractivity contribution in [2.75, 3.05) is 37.7 Å². The Morgan fingerprint density at radius 3 is 2.09 bits per heavy atom. The SMILES string of the molecule is Cc1ccc(-c2ccc(CNC(=O)C(CCO)N3CCN(c4ccccc4)CC3)cc2)cc1. The summed E-state index contributed by atoms with van der Waals surface area (Å²) in [6.45, 7) is 5.93. The van der Waals surface area contributed by atoms with Gasteiger partial charge in [0.2, 0.25) is 5.91 Å². The van der Waals surface area contributed by atoms with Gasteiger partial charge in [-0.05, 0) is 42.2 Å². The van der Waals surface area contributed by atoms with E-state index in [0.717, 1.165) is 31.7 Å². The fourth-order valence-corrected chi connectivity index (χ4v) is 4.40. The molecule has 0 spiro atoms. The zero-order valence-corrected chi connectivity index (χ0v) is 19.3. The Bertz CT molecular complexity index is 1010. The maximum atomic E-state index is 13.0. The van der Waals surface area contributed by atoms with Crippen LogP contribution < -0.4 is 10.2 Å². The quantitative estimate of drug-likeness (QED) is 0.555. The van der Waals surface area contributed by atoms with Gasteiger partial charge in [0.15, 0.2) is 0 Å². The fraction of sp³-hybridized carbons (Fsp3) is 0.321. The molecule has 1 saturated heterocycles. The molecule has 1 heterocycles. The summed E-state index contributed by atoms with van der Waals surface area (Å²) in [7, 11) is 0. The number of hydrogen-bond donors (Lipinski definition) is 2. The van der Waals surface area contributed by atoms with Crippen LogP contribution >= 0.6 is 0 Å². The molecule has 33 heavy (non-hydrogen) atoms. The Kier molecular flexibility index (Phi) is 7.76. The standard InChI is InChI=1S/C28H33N3O2/c1-22-7-11-24(12-8-22)25-13-9-23(10-14-25)21-29-28(33)27(15-20-32)31-18-16-30(17-19-31)26-5-3-2-4-6-26/h2-14,27,32H,15-21H2,1H3,(H,29,33). The number of piperazine rings is 1. The van der Waals surface area contributed by atoms with Crippen molar-refractivity contribution in [3.63, 3.8) is 0 Å². The van der Waals surface area contributed by atoms with Gasteiger partial charge in [0.25, 0.3) is 0 Å².